The summed E-state index contributed by atoms with van der Waals surface area (Å²) in [6, 6.07) is 7.02. The number of H-pyrrole nitrogens is 1. The van der Waals surface area contributed by atoms with Gasteiger partial charge in [0.15, 0.2) is 23.0 Å². The van der Waals surface area contributed by atoms with Crippen LogP contribution in [0, 0.1) is 12.4 Å². The van der Waals surface area contributed by atoms with Crippen molar-refractivity contribution in [1.29, 1.82) is 0 Å². The first-order chi connectivity index (χ1) is 12.9. The lowest BCUT2D eigenvalue weighted by atomic mass is 10.3. The SMILES string of the molecule is [C-]#[N+]c1cc(Cl)cc(Oc2c(Cl)ccc(OCc3n[nH]c(=O)n3C)c2F)c1. The summed E-state index contributed by atoms with van der Waals surface area (Å²) < 4.78 is 26.9. The van der Waals surface area contributed by atoms with Crippen molar-refractivity contribution >= 4 is 28.9 Å². The van der Waals surface area contributed by atoms with Gasteiger partial charge in [0.2, 0.25) is 5.82 Å². The van der Waals surface area contributed by atoms with Gasteiger partial charge in [0.1, 0.15) is 12.4 Å². The lowest BCUT2D eigenvalue weighted by Gasteiger charge is -2.13. The first-order valence-corrected chi connectivity index (χ1v) is 8.21. The minimum atomic E-state index is -0.840. The molecule has 3 rings (SSSR count). The predicted molar refractivity (Wildman–Crippen MR) is 97.4 cm³/mol. The third kappa shape index (κ3) is 4.05. The van der Waals surface area contributed by atoms with Crippen molar-refractivity contribution in [3.63, 3.8) is 0 Å². The van der Waals surface area contributed by atoms with Crippen molar-refractivity contribution in [3.8, 4) is 17.2 Å². The van der Waals surface area contributed by atoms with Crippen LogP contribution in [0.1, 0.15) is 5.82 Å². The molecular formula is C17H11Cl2FN4O3. The van der Waals surface area contributed by atoms with Crippen LogP contribution < -0.4 is 15.2 Å². The molecule has 0 amide bonds. The smallest absolute Gasteiger partial charge is 0.343 e. The summed E-state index contributed by atoms with van der Waals surface area (Å²) in [7, 11) is 1.51. The number of rotatable bonds is 5. The molecule has 0 aliphatic heterocycles. The van der Waals surface area contributed by atoms with E-state index in [1.807, 2.05) is 0 Å². The fraction of sp³-hybridized carbons (Fsp3) is 0.118. The van der Waals surface area contributed by atoms with Gasteiger partial charge in [0.05, 0.1) is 11.6 Å². The molecule has 0 aliphatic rings. The third-order valence-electron chi connectivity index (χ3n) is 3.55. The molecule has 1 aromatic heterocycles. The zero-order chi connectivity index (χ0) is 19.6. The first kappa shape index (κ1) is 18.8. The molecule has 10 heteroatoms. The van der Waals surface area contributed by atoms with Crippen LogP contribution >= 0.6 is 23.2 Å². The molecule has 7 nitrogen and oxygen atoms in total. The van der Waals surface area contributed by atoms with E-state index in [1.54, 1.807) is 0 Å². The van der Waals surface area contributed by atoms with Gasteiger partial charge < -0.3 is 9.47 Å². The molecule has 0 radical (unpaired) electrons. The highest BCUT2D eigenvalue weighted by Gasteiger charge is 2.17. The summed E-state index contributed by atoms with van der Waals surface area (Å²) in [6.07, 6.45) is 0. The zero-order valence-electron chi connectivity index (χ0n) is 13.8. The molecule has 0 fully saturated rings. The largest absolute Gasteiger partial charge is 0.482 e. The van der Waals surface area contributed by atoms with E-state index in [4.69, 9.17) is 39.2 Å². The van der Waals surface area contributed by atoms with Crippen LogP contribution in [-0.4, -0.2) is 14.8 Å². The van der Waals surface area contributed by atoms with E-state index in [2.05, 4.69) is 15.0 Å². The van der Waals surface area contributed by atoms with Crippen LogP contribution in [-0.2, 0) is 13.7 Å². The maximum Gasteiger partial charge on any atom is 0.343 e. The molecule has 0 saturated heterocycles. The predicted octanol–water partition coefficient (Wildman–Crippen LogP) is 4.48. The van der Waals surface area contributed by atoms with Gasteiger partial charge in [-0.1, -0.05) is 23.2 Å². The van der Waals surface area contributed by atoms with Crippen LogP contribution in [0.5, 0.6) is 17.2 Å². The van der Waals surface area contributed by atoms with Gasteiger partial charge in [-0.2, -0.15) is 9.49 Å². The number of aromatic nitrogens is 3. The number of hydrogen-bond acceptors (Lipinski definition) is 4. The average molecular weight is 409 g/mol. The van der Waals surface area contributed by atoms with Gasteiger partial charge in [0, 0.05) is 12.1 Å². The van der Waals surface area contributed by atoms with Gasteiger partial charge in [-0.25, -0.2) is 14.7 Å². The summed E-state index contributed by atoms with van der Waals surface area (Å²) in [5, 5.41) is 6.31. The van der Waals surface area contributed by atoms with Crippen molar-refractivity contribution in [2.75, 3.05) is 0 Å². The molecule has 0 aliphatic carbocycles. The standard InChI is InChI=1S/C17H11Cl2FN4O3/c1-21-10-5-9(18)6-11(7-10)27-16-12(19)3-4-13(15(16)20)26-8-14-22-23-17(25)24(14)2/h3-7H,8H2,2H3,(H,23,25). The van der Waals surface area contributed by atoms with E-state index in [0.29, 0.717) is 0 Å². The summed E-state index contributed by atoms with van der Waals surface area (Å²) in [6.45, 7) is 6.90. The fourth-order valence-electron chi connectivity index (χ4n) is 2.16. The Labute approximate surface area is 162 Å². The van der Waals surface area contributed by atoms with Crippen molar-refractivity contribution < 1.29 is 13.9 Å². The highest BCUT2D eigenvalue weighted by Crippen LogP contribution is 2.38. The Kier molecular flexibility index (Phi) is 5.35. The first-order valence-electron chi connectivity index (χ1n) is 7.46. The summed E-state index contributed by atoms with van der Waals surface area (Å²) in [5.41, 5.74) is -0.174. The zero-order valence-corrected chi connectivity index (χ0v) is 15.3. The molecule has 0 saturated carbocycles. The van der Waals surface area contributed by atoms with Crippen LogP contribution in [0.25, 0.3) is 4.85 Å². The second-order valence-electron chi connectivity index (χ2n) is 5.34. The Morgan fingerprint density at radius 2 is 2.11 bits per heavy atom. The molecule has 0 spiro atoms. The Bertz CT molecular complexity index is 1100. The third-order valence-corrected chi connectivity index (χ3v) is 4.06. The summed E-state index contributed by atoms with van der Waals surface area (Å²) in [4.78, 5) is 14.6. The van der Waals surface area contributed by atoms with E-state index < -0.39 is 11.5 Å². The summed E-state index contributed by atoms with van der Waals surface area (Å²) in [5.74, 6) is -0.817. The molecule has 0 atom stereocenters. The van der Waals surface area contributed by atoms with Crippen LogP contribution in [0.4, 0.5) is 10.1 Å². The highest BCUT2D eigenvalue weighted by atomic mass is 35.5. The number of benzene rings is 2. The lowest BCUT2D eigenvalue weighted by Crippen LogP contribution is -2.15. The Hall–Kier alpha value is -3.02. The van der Waals surface area contributed by atoms with E-state index in [-0.39, 0.29) is 45.4 Å². The quantitative estimate of drug-likeness (QED) is 0.631. The van der Waals surface area contributed by atoms with Gasteiger partial charge >= 0.3 is 5.69 Å². The van der Waals surface area contributed by atoms with Gasteiger partial charge in [0.25, 0.3) is 0 Å². The maximum atomic E-state index is 14.8. The molecule has 138 valence electrons. The monoisotopic (exact) mass is 408 g/mol. The molecule has 27 heavy (non-hydrogen) atoms. The molecule has 3 aromatic rings. The van der Waals surface area contributed by atoms with Crippen LogP contribution in [0.3, 0.4) is 0 Å². The van der Waals surface area contributed by atoms with E-state index in [1.165, 1.54) is 41.9 Å². The van der Waals surface area contributed by atoms with Crippen molar-refractivity contribution in [2.24, 2.45) is 7.05 Å². The van der Waals surface area contributed by atoms with Crippen molar-refractivity contribution in [1.82, 2.24) is 14.8 Å². The molecule has 0 unspecified atom stereocenters. The average Bonchev–Trinajstić information content (AvgIpc) is 2.96. The van der Waals surface area contributed by atoms with Gasteiger partial charge in [-0.15, -0.1) is 0 Å². The molecular weight excluding hydrogens is 398 g/mol. The van der Waals surface area contributed by atoms with Crippen LogP contribution in [0.2, 0.25) is 10.0 Å². The number of nitrogens with one attached hydrogen (secondary N) is 1. The number of halogens is 3. The summed E-state index contributed by atoms with van der Waals surface area (Å²) >= 11 is 12.0. The minimum absolute atomic E-state index is 0.0105. The highest BCUT2D eigenvalue weighted by molar-refractivity contribution is 6.32. The fourth-order valence-corrected chi connectivity index (χ4v) is 2.56. The van der Waals surface area contributed by atoms with E-state index in [9.17, 15) is 9.18 Å². The minimum Gasteiger partial charge on any atom is -0.482 e. The number of nitrogens with zero attached hydrogens (tertiary/aromatic N) is 3. The van der Waals surface area contributed by atoms with Crippen molar-refractivity contribution in [2.45, 2.75) is 6.61 Å². The number of hydrogen-bond donors (Lipinski definition) is 1. The van der Waals surface area contributed by atoms with E-state index >= 15 is 0 Å². The Balaban J connectivity index is 1.87. The number of ether oxygens (including phenoxy) is 2. The second kappa shape index (κ2) is 7.70. The van der Waals surface area contributed by atoms with E-state index in [0.717, 1.165) is 0 Å². The molecule has 1 N–H and O–H groups in total. The maximum absolute atomic E-state index is 14.8. The molecule has 0 bridgehead atoms. The Morgan fingerprint density at radius 1 is 1.33 bits per heavy atom. The topological polar surface area (TPSA) is 73.5 Å². The molecule has 2 aromatic carbocycles. The van der Waals surface area contributed by atoms with Gasteiger partial charge in [-0.3, -0.25) is 4.57 Å². The number of aromatic amines is 1. The van der Waals surface area contributed by atoms with Crippen molar-refractivity contribution in [3.05, 3.63) is 73.9 Å². The van der Waals surface area contributed by atoms with Crippen LogP contribution in [0.15, 0.2) is 35.1 Å². The lowest BCUT2D eigenvalue weighted by molar-refractivity contribution is 0.272. The second-order valence-corrected chi connectivity index (χ2v) is 6.18. The Morgan fingerprint density at radius 3 is 2.78 bits per heavy atom. The normalized spacial score (nSPS) is 10.5. The molecule has 1 heterocycles. The van der Waals surface area contributed by atoms with Gasteiger partial charge in [-0.05, 0) is 30.3 Å².